The number of hydrogen-bond acceptors (Lipinski definition) is 7. The minimum absolute atomic E-state index is 0.101. The lowest BCUT2D eigenvalue weighted by atomic mass is 9.83. The molecule has 2 heterocycles. The molecule has 0 bridgehead atoms. The first-order valence-corrected chi connectivity index (χ1v) is 8.40. The number of aliphatic carboxylic acids is 1. The molecule has 2 aliphatic heterocycles. The zero-order chi connectivity index (χ0) is 18.7. The summed E-state index contributed by atoms with van der Waals surface area (Å²) in [6, 6.07) is -0.361. The second kappa shape index (κ2) is 7.70. The number of aliphatic hydroxyl groups excluding tert-OH is 1. The topological polar surface area (TPSA) is 143 Å². The Labute approximate surface area is 148 Å². The lowest BCUT2D eigenvalue weighted by Gasteiger charge is -2.44. The van der Waals surface area contributed by atoms with Crippen LogP contribution in [0.2, 0.25) is 0 Å². The van der Waals surface area contributed by atoms with E-state index in [4.69, 9.17) is 10.5 Å². The molecule has 10 heteroatoms. The van der Waals surface area contributed by atoms with E-state index in [1.54, 1.807) is 0 Å². The van der Waals surface area contributed by atoms with E-state index in [0.717, 1.165) is 24.2 Å². The standard InChI is InChI=1S/C15H19N3O6S/c1-7(19)12-9-5-10(13(15(22)23)18(9)14(12)21)25-4-3-11(20)24-8(2)17-6-16/h3-4,6-9,12,19H,5H2,1-2H3,(H2,16,17)(H,22,23)/b4-3-/t7-,8?,9+,12-/m0/s1. The average Bonchev–Trinajstić information content (AvgIpc) is 2.81. The van der Waals surface area contributed by atoms with E-state index < -0.39 is 36.1 Å². The van der Waals surface area contributed by atoms with Gasteiger partial charge >= 0.3 is 11.9 Å². The van der Waals surface area contributed by atoms with Crippen LogP contribution in [0.15, 0.2) is 27.1 Å². The van der Waals surface area contributed by atoms with Crippen molar-refractivity contribution in [1.29, 1.82) is 0 Å². The van der Waals surface area contributed by atoms with Gasteiger partial charge in [0.05, 0.1) is 24.4 Å². The molecule has 9 nitrogen and oxygen atoms in total. The van der Waals surface area contributed by atoms with Crippen molar-refractivity contribution in [2.75, 3.05) is 0 Å². The summed E-state index contributed by atoms with van der Waals surface area (Å²) >= 11 is 1.03. The van der Waals surface area contributed by atoms with Gasteiger partial charge in [-0.3, -0.25) is 4.79 Å². The Balaban J connectivity index is 2.04. The van der Waals surface area contributed by atoms with Crippen molar-refractivity contribution in [3.63, 3.8) is 0 Å². The molecule has 0 saturated carbocycles. The fraction of sp³-hybridized carbons (Fsp3) is 0.467. The molecule has 0 aromatic rings. The van der Waals surface area contributed by atoms with Crippen molar-refractivity contribution in [3.05, 3.63) is 22.1 Å². The van der Waals surface area contributed by atoms with Gasteiger partial charge in [0, 0.05) is 17.4 Å². The molecule has 1 saturated heterocycles. The Hall–Kier alpha value is -2.33. The summed E-state index contributed by atoms with van der Waals surface area (Å²) in [5.74, 6) is -2.87. The maximum absolute atomic E-state index is 12.1. The molecule has 1 fully saturated rings. The Bertz CT molecular complexity index is 672. The number of aliphatic hydroxyl groups is 1. The van der Waals surface area contributed by atoms with Gasteiger partial charge in [-0.15, -0.1) is 0 Å². The third-order valence-corrected chi connectivity index (χ3v) is 4.80. The second-order valence-corrected chi connectivity index (χ2v) is 6.58. The van der Waals surface area contributed by atoms with E-state index in [1.807, 2.05) is 0 Å². The summed E-state index contributed by atoms with van der Waals surface area (Å²) in [4.78, 5) is 40.4. The number of hydrogen-bond donors (Lipinski definition) is 3. The third kappa shape index (κ3) is 3.85. The van der Waals surface area contributed by atoms with Crippen LogP contribution in [0, 0.1) is 5.92 Å². The normalized spacial score (nSPS) is 25.2. The van der Waals surface area contributed by atoms with Gasteiger partial charge in [-0.25, -0.2) is 14.6 Å². The molecule has 136 valence electrons. The van der Waals surface area contributed by atoms with Gasteiger partial charge in [-0.2, -0.15) is 0 Å². The molecule has 4 atom stereocenters. The molecule has 25 heavy (non-hydrogen) atoms. The fourth-order valence-corrected chi connectivity index (χ4v) is 3.77. The maximum Gasteiger partial charge on any atom is 0.353 e. The van der Waals surface area contributed by atoms with Crippen LogP contribution in [-0.2, 0) is 19.1 Å². The highest BCUT2D eigenvalue weighted by Gasteiger charge is 2.56. The van der Waals surface area contributed by atoms with Gasteiger partial charge in [0.2, 0.25) is 5.91 Å². The molecular formula is C15H19N3O6S. The number of β-lactam (4-membered cyclic amide) rings is 1. The summed E-state index contributed by atoms with van der Waals surface area (Å²) in [6.07, 6.45) is 0.921. The Morgan fingerprint density at radius 2 is 2.16 bits per heavy atom. The number of carbonyl (C=O) groups is 3. The largest absolute Gasteiger partial charge is 0.477 e. The van der Waals surface area contributed by atoms with Crippen molar-refractivity contribution in [1.82, 2.24) is 4.90 Å². The van der Waals surface area contributed by atoms with Gasteiger partial charge in [0.25, 0.3) is 0 Å². The Kier molecular flexibility index (Phi) is 5.85. The van der Waals surface area contributed by atoms with Crippen molar-refractivity contribution in [3.8, 4) is 0 Å². The van der Waals surface area contributed by atoms with Gasteiger partial charge in [-0.1, -0.05) is 11.8 Å². The second-order valence-electron chi connectivity index (χ2n) is 5.58. The molecule has 0 aromatic heterocycles. The summed E-state index contributed by atoms with van der Waals surface area (Å²) in [5.41, 5.74) is 4.99. The van der Waals surface area contributed by atoms with Crippen LogP contribution < -0.4 is 5.73 Å². The maximum atomic E-state index is 12.1. The molecule has 2 aliphatic rings. The average molecular weight is 369 g/mol. The lowest BCUT2D eigenvalue weighted by Crippen LogP contribution is -2.61. The van der Waals surface area contributed by atoms with Crippen LogP contribution in [0.5, 0.6) is 0 Å². The Morgan fingerprint density at radius 3 is 2.72 bits per heavy atom. The van der Waals surface area contributed by atoms with Crippen molar-refractivity contribution >= 4 is 35.9 Å². The van der Waals surface area contributed by atoms with Gasteiger partial charge in [0.15, 0.2) is 6.23 Å². The fourth-order valence-electron chi connectivity index (χ4n) is 2.87. The number of carboxylic acid groups (broad SMARTS) is 1. The zero-order valence-electron chi connectivity index (χ0n) is 13.7. The van der Waals surface area contributed by atoms with Crippen LogP contribution in [0.1, 0.15) is 20.3 Å². The monoisotopic (exact) mass is 369 g/mol. The first kappa shape index (κ1) is 19.0. The first-order chi connectivity index (χ1) is 11.8. The highest BCUT2D eigenvalue weighted by molar-refractivity contribution is 8.05. The van der Waals surface area contributed by atoms with E-state index in [2.05, 4.69) is 4.99 Å². The van der Waals surface area contributed by atoms with E-state index in [0.29, 0.717) is 11.3 Å². The predicted molar refractivity (Wildman–Crippen MR) is 90.0 cm³/mol. The summed E-state index contributed by atoms with van der Waals surface area (Å²) in [5, 5.41) is 20.4. The third-order valence-electron chi connectivity index (χ3n) is 3.89. The minimum atomic E-state index is -1.22. The van der Waals surface area contributed by atoms with E-state index >= 15 is 0 Å². The molecule has 0 aliphatic carbocycles. The van der Waals surface area contributed by atoms with E-state index in [9.17, 15) is 24.6 Å². The molecular weight excluding hydrogens is 350 g/mol. The van der Waals surface area contributed by atoms with Gasteiger partial charge in [-0.05, 0) is 19.3 Å². The number of amides is 1. The minimum Gasteiger partial charge on any atom is -0.477 e. The number of nitrogens with two attached hydrogens (primary N) is 1. The quantitative estimate of drug-likeness (QED) is 0.187. The first-order valence-electron chi connectivity index (χ1n) is 7.52. The molecule has 0 radical (unpaired) electrons. The summed E-state index contributed by atoms with van der Waals surface area (Å²) < 4.78 is 4.90. The highest BCUT2D eigenvalue weighted by atomic mass is 32.2. The number of nitrogens with zero attached hydrogens (tertiary/aromatic N) is 2. The van der Waals surface area contributed by atoms with Crippen LogP contribution in [0.4, 0.5) is 0 Å². The highest BCUT2D eigenvalue weighted by Crippen LogP contribution is 2.47. The SMILES string of the molecule is CC(N=CN)OC(=O)/C=C\SC1=C(C(=O)O)N2C(=O)[C@@H]([C@H](C)O)[C@H]2C1. The molecule has 0 aromatic carbocycles. The molecule has 1 amide bonds. The number of fused-ring (bicyclic) bond motifs is 1. The van der Waals surface area contributed by atoms with Crippen LogP contribution in [-0.4, -0.2) is 57.7 Å². The van der Waals surface area contributed by atoms with E-state index in [1.165, 1.54) is 24.2 Å². The number of esters is 1. The number of ether oxygens (including phenoxy) is 1. The number of aliphatic imine (C=N–C) groups is 1. The molecule has 0 spiro atoms. The molecule has 1 unspecified atom stereocenters. The van der Waals surface area contributed by atoms with Crippen molar-refractivity contribution < 1.29 is 29.3 Å². The number of rotatable bonds is 7. The number of carbonyl (C=O) groups excluding carboxylic acids is 2. The van der Waals surface area contributed by atoms with Crippen LogP contribution >= 0.6 is 11.8 Å². The summed E-state index contributed by atoms with van der Waals surface area (Å²) in [7, 11) is 0. The number of thioether (sulfide) groups is 1. The van der Waals surface area contributed by atoms with Gasteiger partial charge < -0.3 is 25.6 Å². The predicted octanol–water partition coefficient (Wildman–Crippen LogP) is 0.0172. The number of carboxylic acids is 1. The smallest absolute Gasteiger partial charge is 0.353 e. The van der Waals surface area contributed by atoms with E-state index in [-0.39, 0.29) is 11.7 Å². The Morgan fingerprint density at radius 1 is 1.48 bits per heavy atom. The lowest BCUT2D eigenvalue weighted by molar-refractivity contribution is -0.161. The van der Waals surface area contributed by atoms with Crippen LogP contribution in [0.25, 0.3) is 0 Å². The van der Waals surface area contributed by atoms with Crippen molar-refractivity contribution in [2.45, 2.75) is 38.6 Å². The van der Waals surface area contributed by atoms with Crippen LogP contribution in [0.3, 0.4) is 0 Å². The molecule has 2 rings (SSSR count). The van der Waals surface area contributed by atoms with Gasteiger partial charge in [0.1, 0.15) is 5.70 Å². The zero-order valence-corrected chi connectivity index (χ0v) is 14.5. The molecule has 4 N–H and O–H groups in total. The van der Waals surface area contributed by atoms with Crippen molar-refractivity contribution in [2.24, 2.45) is 16.6 Å². The summed E-state index contributed by atoms with van der Waals surface area (Å²) in [6.45, 7) is 3.05.